The minimum Gasteiger partial charge on any atom is -0.481 e. The third-order valence-corrected chi connectivity index (χ3v) is 9.03. The Balaban J connectivity index is 2.33. The molecular formula is C31H40O10. The average molecular weight is 573 g/mol. The molecule has 224 valence electrons. The molecule has 1 aromatic rings. The number of carboxylic acids is 1. The molecule has 10 heteroatoms. The van der Waals surface area contributed by atoms with Crippen molar-refractivity contribution in [3.05, 3.63) is 48.6 Å². The summed E-state index contributed by atoms with van der Waals surface area (Å²) >= 11 is 0. The Morgan fingerprint density at radius 1 is 1.12 bits per heavy atom. The smallest absolute Gasteiger partial charge is 0.338 e. The number of esters is 3. The van der Waals surface area contributed by atoms with Gasteiger partial charge in [-0.1, -0.05) is 31.2 Å². The van der Waals surface area contributed by atoms with Crippen molar-refractivity contribution in [2.45, 2.75) is 78.6 Å². The lowest BCUT2D eigenvalue weighted by atomic mass is 9.42. The molecule has 7 atom stereocenters. The molecule has 10 nitrogen and oxygen atoms in total. The number of ether oxygens (including phenoxy) is 3. The summed E-state index contributed by atoms with van der Waals surface area (Å²) in [7, 11) is 0. The third kappa shape index (κ3) is 5.54. The van der Waals surface area contributed by atoms with Gasteiger partial charge >= 0.3 is 23.9 Å². The van der Waals surface area contributed by atoms with Crippen molar-refractivity contribution >= 4 is 29.7 Å². The number of aliphatic carboxylic acids is 1. The van der Waals surface area contributed by atoms with Gasteiger partial charge in [0.1, 0.15) is 12.2 Å². The van der Waals surface area contributed by atoms with E-state index in [1.54, 1.807) is 58.0 Å². The maximum absolute atomic E-state index is 14.2. The van der Waals surface area contributed by atoms with Gasteiger partial charge in [-0.05, 0) is 57.6 Å². The van der Waals surface area contributed by atoms with E-state index >= 15 is 0 Å². The fourth-order valence-electron chi connectivity index (χ4n) is 7.21. The van der Waals surface area contributed by atoms with Crippen molar-refractivity contribution in [1.82, 2.24) is 0 Å². The SMILES string of the molecule is C=C[C@]1(C)C[C@@H](OC(=O)c2ccccc2)[C@@H]2[C@@](C)(CC(=O)O)[C@H](C(C)(C)C(=O)OCC)C[C@@H](OC(C)=O)[C@@]2(O)C1=O. The number of carbonyl (C=O) groups is 5. The zero-order valence-electron chi connectivity index (χ0n) is 24.5. The lowest BCUT2D eigenvalue weighted by Crippen LogP contribution is -2.75. The number of rotatable bonds is 9. The van der Waals surface area contributed by atoms with Crippen LogP contribution in [0.5, 0.6) is 0 Å². The summed E-state index contributed by atoms with van der Waals surface area (Å²) in [5, 5.41) is 22.6. The van der Waals surface area contributed by atoms with Crippen LogP contribution in [0.4, 0.5) is 0 Å². The number of allylic oxidation sites excluding steroid dienone is 1. The fourth-order valence-corrected chi connectivity index (χ4v) is 7.21. The summed E-state index contributed by atoms with van der Waals surface area (Å²) in [6.45, 7) is 12.9. The van der Waals surface area contributed by atoms with Gasteiger partial charge < -0.3 is 24.4 Å². The molecule has 0 spiro atoms. The molecule has 2 aliphatic rings. The van der Waals surface area contributed by atoms with E-state index in [0.717, 1.165) is 6.92 Å². The van der Waals surface area contributed by atoms with Crippen LogP contribution in [0.15, 0.2) is 43.0 Å². The first kappa shape index (κ1) is 32.0. The minimum absolute atomic E-state index is 0.0683. The van der Waals surface area contributed by atoms with Gasteiger partial charge in [-0.25, -0.2) is 4.79 Å². The van der Waals surface area contributed by atoms with Crippen LogP contribution < -0.4 is 0 Å². The van der Waals surface area contributed by atoms with Crippen LogP contribution in [0.3, 0.4) is 0 Å². The lowest BCUT2D eigenvalue weighted by molar-refractivity contribution is -0.257. The largest absolute Gasteiger partial charge is 0.481 e. The van der Waals surface area contributed by atoms with Gasteiger partial charge in [-0.15, -0.1) is 6.58 Å². The highest BCUT2D eigenvalue weighted by molar-refractivity contribution is 5.97. The Kier molecular flexibility index (Phi) is 8.89. The van der Waals surface area contributed by atoms with Gasteiger partial charge in [0.15, 0.2) is 11.4 Å². The van der Waals surface area contributed by atoms with E-state index in [4.69, 9.17) is 14.2 Å². The monoisotopic (exact) mass is 572 g/mol. The van der Waals surface area contributed by atoms with Crippen LogP contribution >= 0.6 is 0 Å². The summed E-state index contributed by atoms with van der Waals surface area (Å²) in [5.41, 5.74) is -6.55. The Morgan fingerprint density at radius 2 is 1.73 bits per heavy atom. The van der Waals surface area contributed by atoms with E-state index in [1.807, 2.05) is 0 Å². The Morgan fingerprint density at radius 3 is 2.24 bits per heavy atom. The van der Waals surface area contributed by atoms with Crippen molar-refractivity contribution in [1.29, 1.82) is 0 Å². The van der Waals surface area contributed by atoms with Crippen molar-refractivity contribution < 1.29 is 48.4 Å². The predicted molar refractivity (Wildman–Crippen MR) is 146 cm³/mol. The van der Waals surface area contributed by atoms with Gasteiger partial charge in [0, 0.05) is 19.3 Å². The van der Waals surface area contributed by atoms with E-state index in [0.29, 0.717) is 0 Å². The van der Waals surface area contributed by atoms with Gasteiger partial charge in [-0.3, -0.25) is 19.2 Å². The van der Waals surface area contributed by atoms with Crippen molar-refractivity contribution in [2.75, 3.05) is 6.61 Å². The molecule has 41 heavy (non-hydrogen) atoms. The molecule has 2 N–H and O–H groups in total. The molecule has 0 aromatic heterocycles. The molecule has 2 aliphatic carbocycles. The van der Waals surface area contributed by atoms with Gasteiger partial charge in [-0.2, -0.15) is 0 Å². The molecule has 0 heterocycles. The van der Waals surface area contributed by atoms with Crippen molar-refractivity contribution in [2.24, 2.45) is 28.1 Å². The zero-order valence-corrected chi connectivity index (χ0v) is 24.5. The molecule has 0 amide bonds. The van der Waals surface area contributed by atoms with Crippen LogP contribution in [0.25, 0.3) is 0 Å². The van der Waals surface area contributed by atoms with Gasteiger partial charge in [0.2, 0.25) is 0 Å². The van der Waals surface area contributed by atoms with Crippen LogP contribution in [0.2, 0.25) is 0 Å². The van der Waals surface area contributed by atoms with E-state index in [1.165, 1.54) is 13.0 Å². The summed E-state index contributed by atoms with van der Waals surface area (Å²) in [6.07, 6.45) is -2.28. The quantitative estimate of drug-likeness (QED) is 0.254. The Hall–Kier alpha value is -3.53. The number of hydrogen-bond acceptors (Lipinski definition) is 9. The number of carboxylic acid groups (broad SMARTS) is 1. The van der Waals surface area contributed by atoms with Crippen LogP contribution in [0.1, 0.15) is 71.2 Å². The first-order valence-electron chi connectivity index (χ1n) is 13.7. The van der Waals surface area contributed by atoms with E-state index in [2.05, 4.69) is 6.58 Å². The van der Waals surface area contributed by atoms with Gasteiger partial charge in [0.25, 0.3) is 0 Å². The fraction of sp³-hybridized carbons (Fsp3) is 0.581. The van der Waals surface area contributed by atoms with Crippen LogP contribution in [-0.2, 0) is 33.4 Å². The number of Topliss-reactive ketones (excluding diaryl/α,β-unsaturated/α-hetero) is 1. The second-order valence-electron chi connectivity index (χ2n) is 12.2. The standard InChI is InChI=1S/C31H40O10/c1-8-29(6)16-20(41-25(35)19-13-11-10-12-14-19)24-30(7,17-23(33)34)21(28(4,5)27(37)39-9-2)15-22(40-18(3)32)31(24,38)26(29)36/h8,10-14,20-22,24,38H,1,9,15-17H2,2-7H3,(H,33,34)/t20-,21+,22-,24-,29-,30+,31+/m1/s1. The third-order valence-electron chi connectivity index (χ3n) is 9.03. The molecule has 2 saturated carbocycles. The predicted octanol–water partition coefficient (Wildman–Crippen LogP) is 3.75. The average Bonchev–Trinajstić information content (AvgIpc) is 2.88. The van der Waals surface area contributed by atoms with E-state index in [9.17, 15) is 34.2 Å². The van der Waals surface area contributed by atoms with Crippen molar-refractivity contribution in [3.8, 4) is 0 Å². The molecule has 0 bridgehead atoms. The maximum Gasteiger partial charge on any atom is 0.338 e. The highest BCUT2D eigenvalue weighted by Crippen LogP contribution is 2.63. The molecule has 0 saturated heterocycles. The first-order chi connectivity index (χ1) is 19.0. The Bertz CT molecular complexity index is 1220. The first-order valence-corrected chi connectivity index (χ1v) is 13.7. The second-order valence-corrected chi connectivity index (χ2v) is 12.2. The normalized spacial score (nSPS) is 33.2. The van der Waals surface area contributed by atoms with E-state index < -0.39 is 82.0 Å². The Labute approximate surface area is 240 Å². The molecular weight excluding hydrogens is 532 g/mol. The molecule has 1 aromatic carbocycles. The molecule has 0 radical (unpaired) electrons. The topological polar surface area (TPSA) is 154 Å². The van der Waals surface area contributed by atoms with Crippen molar-refractivity contribution in [3.63, 3.8) is 0 Å². The summed E-state index contributed by atoms with van der Waals surface area (Å²) in [5.74, 6) is -6.39. The van der Waals surface area contributed by atoms with Crippen LogP contribution in [0, 0.1) is 28.1 Å². The number of fused-ring (bicyclic) bond motifs is 1. The number of hydrogen-bond donors (Lipinski definition) is 2. The highest BCUT2D eigenvalue weighted by atomic mass is 16.6. The summed E-state index contributed by atoms with van der Waals surface area (Å²) < 4.78 is 16.9. The number of carbonyl (C=O) groups excluding carboxylic acids is 4. The lowest BCUT2D eigenvalue weighted by Gasteiger charge is -2.63. The summed E-state index contributed by atoms with van der Waals surface area (Å²) in [6, 6.07) is 8.10. The van der Waals surface area contributed by atoms with E-state index in [-0.39, 0.29) is 25.0 Å². The molecule has 3 rings (SSSR count). The number of benzene rings is 1. The molecule has 2 fully saturated rings. The minimum atomic E-state index is -2.47. The second kappa shape index (κ2) is 11.4. The molecule has 0 unspecified atom stereocenters. The zero-order chi connectivity index (χ0) is 31.0. The number of ketones is 1. The summed E-state index contributed by atoms with van der Waals surface area (Å²) in [4.78, 5) is 65.5. The number of aliphatic hydroxyl groups is 1. The van der Waals surface area contributed by atoms with Crippen LogP contribution in [-0.4, -0.2) is 64.3 Å². The maximum atomic E-state index is 14.2. The molecule has 0 aliphatic heterocycles. The highest BCUT2D eigenvalue weighted by Gasteiger charge is 2.74. The van der Waals surface area contributed by atoms with Gasteiger partial charge in [0.05, 0.1) is 29.4 Å².